The van der Waals surface area contributed by atoms with Crippen LogP contribution in [-0.2, 0) is 17.8 Å². The maximum absolute atomic E-state index is 12.7. The highest BCUT2D eigenvalue weighted by molar-refractivity contribution is 5.82. The minimum Gasteiger partial charge on any atom is -0.354 e. The Morgan fingerprint density at radius 2 is 1.93 bits per heavy atom. The second-order valence-corrected chi connectivity index (χ2v) is 8.17. The molecule has 1 spiro atoms. The molecule has 5 heteroatoms. The second-order valence-electron chi connectivity index (χ2n) is 8.17. The molecule has 0 bridgehead atoms. The monoisotopic (exact) mass is 364 g/mol. The molecule has 2 aromatic rings. The average Bonchev–Trinajstić information content (AvgIpc) is 3.01. The van der Waals surface area contributed by atoms with Crippen LogP contribution in [0, 0.1) is 5.41 Å². The molecule has 1 aromatic carbocycles. The van der Waals surface area contributed by atoms with E-state index in [0.717, 1.165) is 44.6 Å². The first-order valence-electron chi connectivity index (χ1n) is 9.77. The lowest BCUT2D eigenvalue weighted by Gasteiger charge is -2.48. The van der Waals surface area contributed by atoms with Gasteiger partial charge >= 0.3 is 0 Å². The van der Waals surface area contributed by atoms with Crippen LogP contribution in [-0.4, -0.2) is 60.0 Å². The van der Waals surface area contributed by atoms with Gasteiger partial charge in [-0.2, -0.15) is 0 Å². The molecule has 1 N–H and O–H groups in total. The molecule has 5 nitrogen and oxygen atoms in total. The van der Waals surface area contributed by atoms with E-state index < -0.39 is 0 Å². The molecule has 1 atom stereocenters. The Bertz CT molecular complexity index is 758. The van der Waals surface area contributed by atoms with Crippen molar-refractivity contribution in [1.29, 1.82) is 0 Å². The molecule has 0 aliphatic carbocycles. The number of pyridine rings is 1. The molecule has 142 valence electrons. The summed E-state index contributed by atoms with van der Waals surface area (Å²) in [6.45, 7) is 4.87. The van der Waals surface area contributed by atoms with Crippen molar-refractivity contribution in [2.45, 2.75) is 25.4 Å². The largest absolute Gasteiger partial charge is 0.354 e. The molecule has 2 saturated heterocycles. The average molecular weight is 364 g/mol. The van der Waals surface area contributed by atoms with Gasteiger partial charge in [0.2, 0.25) is 5.91 Å². The fourth-order valence-corrected chi connectivity index (χ4v) is 4.64. The number of likely N-dealkylation sites (tertiary alicyclic amines) is 2. The number of carbonyl (C=O) groups is 1. The lowest BCUT2D eigenvalue weighted by Crippen LogP contribution is -2.56. The fourth-order valence-electron chi connectivity index (χ4n) is 4.64. The lowest BCUT2D eigenvalue weighted by molar-refractivity contribution is -0.125. The standard InChI is InChI=1S/C22H28N4O/c1-25-15-22(16-26(17-22)14-19-6-3-2-4-7-19)12-20(25)21(27)24-11-9-18-8-5-10-23-13-18/h2-8,10,13,20H,9,11-12,14-17H2,1H3,(H,24,27). The maximum Gasteiger partial charge on any atom is 0.237 e. The quantitative estimate of drug-likeness (QED) is 0.851. The Morgan fingerprint density at radius 1 is 1.15 bits per heavy atom. The van der Waals surface area contributed by atoms with E-state index in [1.807, 2.05) is 18.3 Å². The van der Waals surface area contributed by atoms with Crippen LogP contribution in [0.3, 0.4) is 0 Å². The van der Waals surface area contributed by atoms with Gasteiger partial charge < -0.3 is 5.32 Å². The van der Waals surface area contributed by atoms with E-state index in [4.69, 9.17) is 0 Å². The van der Waals surface area contributed by atoms with Crippen molar-refractivity contribution in [1.82, 2.24) is 20.1 Å². The Morgan fingerprint density at radius 3 is 2.67 bits per heavy atom. The molecule has 1 amide bonds. The van der Waals surface area contributed by atoms with Gasteiger partial charge in [-0.15, -0.1) is 0 Å². The number of carbonyl (C=O) groups excluding carboxylic acids is 1. The molecular formula is C22H28N4O. The molecule has 0 radical (unpaired) electrons. The number of hydrogen-bond acceptors (Lipinski definition) is 4. The van der Waals surface area contributed by atoms with Crippen LogP contribution < -0.4 is 5.32 Å². The van der Waals surface area contributed by atoms with Crippen LogP contribution in [0.2, 0.25) is 0 Å². The van der Waals surface area contributed by atoms with Gasteiger partial charge in [-0.05, 0) is 37.1 Å². The van der Waals surface area contributed by atoms with Crippen LogP contribution >= 0.6 is 0 Å². The third kappa shape index (κ3) is 4.20. The Labute approximate surface area is 161 Å². The van der Waals surface area contributed by atoms with Gasteiger partial charge in [0.1, 0.15) is 0 Å². The van der Waals surface area contributed by atoms with Gasteiger partial charge in [0.25, 0.3) is 0 Å². The highest BCUT2D eigenvalue weighted by atomic mass is 16.2. The molecule has 3 heterocycles. The van der Waals surface area contributed by atoms with Crippen LogP contribution in [0.15, 0.2) is 54.9 Å². The summed E-state index contributed by atoms with van der Waals surface area (Å²) in [6, 6.07) is 14.6. The first kappa shape index (κ1) is 18.1. The van der Waals surface area contributed by atoms with Crippen LogP contribution in [0.1, 0.15) is 17.5 Å². The minimum atomic E-state index is -0.00206. The van der Waals surface area contributed by atoms with Crippen molar-refractivity contribution in [2.75, 3.05) is 33.2 Å². The van der Waals surface area contributed by atoms with E-state index in [2.05, 4.69) is 57.5 Å². The summed E-state index contributed by atoms with van der Waals surface area (Å²) in [5.41, 5.74) is 2.81. The van der Waals surface area contributed by atoms with Gasteiger partial charge in [-0.25, -0.2) is 0 Å². The number of rotatable bonds is 6. The summed E-state index contributed by atoms with van der Waals surface area (Å²) in [4.78, 5) is 21.5. The number of nitrogens with one attached hydrogen (secondary N) is 1. The van der Waals surface area contributed by atoms with Crippen LogP contribution in [0.4, 0.5) is 0 Å². The van der Waals surface area contributed by atoms with Crippen molar-refractivity contribution >= 4 is 5.91 Å². The Kier molecular flexibility index (Phi) is 5.23. The number of benzene rings is 1. The number of nitrogens with zero attached hydrogens (tertiary/aromatic N) is 3. The maximum atomic E-state index is 12.7. The van der Waals surface area contributed by atoms with E-state index in [0.29, 0.717) is 6.54 Å². The predicted octanol–water partition coefficient (Wildman–Crippen LogP) is 1.95. The van der Waals surface area contributed by atoms with Crippen molar-refractivity contribution < 1.29 is 4.79 Å². The molecule has 27 heavy (non-hydrogen) atoms. The fraction of sp³-hybridized carbons (Fsp3) is 0.455. The Balaban J connectivity index is 1.24. The van der Waals surface area contributed by atoms with Crippen molar-refractivity contribution in [2.24, 2.45) is 5.41 Å². The van der Waals surface area contributed by atoms with Gasteiger partial charge in [0.05, 0.1) is 6.04 Å². The normalized spacial score (nSPS) is 21.9. The third-order valence-electron chi connectivity index (χ3n) is 5.85. The molecule has 2 fully saturated rings. The topological polar surface area (TPSA) is 48.5 Å². The van der Waals surface area contributed by atoms with Crippen molar-refractivity contribution in [3.05, 3.63) is 66.0 Å². The smallest absolute Gasteiger partial charge is 0.237 e. The number of amides is 1. The summed E-state index contributed by atoms with van der Waals surface area (Å²) in [5, 5.41) is 3.12. The zero-order chi connectivity index (χ0) is 18.7. The number of likely N-dealkylation sites (N-methyl/N-ethyl adjacent to an activating group) is 1. The first-order chi connectivity index (χ1) is 13.1. The number of hydrogen-bond donors (Lipinski definition) is 1. The van der Waals surface area contributed by atoms with Crippen LogP contribution in [0.25, 0.3) is 0 Å². The minimum absolute atomic E-state index is 0.00206. The summed E-state index contributed by atoms with van der Waals surface area (Å²) in [6.07, 6.45) is 5.42. The second kappa shape index (κ2) is 7.79. The first-order valence-corrected chi connectivity index (χ1v) is 9.77. The molecular weight excluding hydrogens is 336 g/mol. The van der Waals surface area contributed by atoms with E-state index >= 15 is 0 Å². The number of aromatic nitrogens is 1. The molecule has 2 aliphatic heterocycles. The van der Waals surface area contributed by atoms with Crippen molar-refractivity contribution in [3.63, 3.8) is 0 Å². The van der Waals surface area contributed by atoms with Crippen LogP contribution in [0.5, 0.6) is 0 Å². The van der Waals surface area contributed by atoms with E-state index in [-0.39, 0.29) is 17.4 Å². The van der Waals surface area contributed by atoms with Gasteiger partial charge in [0.15, 0.2) is 0 Å². The third-order valence-corrected chi connectivity index (χ3v) is 5.85. The molecule has 1 unspecified atom stereocenters. The van der Waals surface area contributed by atoms with Crippen molar-refractivity contribution in [3.8, 4) is 0 Å². The van der Waals surface area contributed by atoms with Gasteiger partial charge in [-0.3, -0.25) is 19.6 Å². The zero-order valence-electron chi connectivity index (χ0n) is 16.0. The molecule has 0 saturated carbocycles. The molecule has 1 aromatic heterocycles. The lowest BCUT2D eigenvalue weighted by atomic mass is 9.77. The van der Waals surface area contributed by atoms with Gasteiger partial charge in [-0.1, -0.05) is 36.4 Å². The predicted molar refractivity (Wildman–Crippen MR) is 106 cm³/mol. The van der Waals surface area contributed by atoms with E-state index in [9.17, 15) is 4.79 Å². The summed E-state index contributed by atoms with van der Waals surface area (Å²) >= 11 is 0. The summed E-state index contributed by atoms with van der Waals surface area (Å²) < 4.78 is 0. The van der Waals surface area contributed by atoms with E-state index in [1.165, 1.54) is 5.56 Å². The highest BCUT2D eigenvalue weighted by Gasteiger charge is 2.51. The summed E-state index contributed by atoms with van der Waals surface area (Å²) in [7, 11) is 2.08. The molecule has 4 rings (SSSR count). The Hall–Kier alpha value is -2.24. The summed E-state index contributed by atoms with van der Waals surface area (Å²) in [5.74, 6) is 0.166. The van der Waals surface area contributed by atoms with Gasteiger partial charge in [0, 0.05) is 50.5 Å². The molecule has 2 aliphatic rings. The highest BCUT2D eigenvalue weighted by Crippen LogP contribution is 2.42. The SMILES string of the molecule is CN1CC2(CC1C(=O)NCCc1cccnc1)CN(Cc1ccccc1)C2. The van der Waals surface area contributed by atoms with E-state index in [1.54, 1.807) is 6.20 Å². The zero-order valence-corrected chi connectivity index (χ0v) is 16.0.